The number of benzene rings is 3. The van der Waals surface area contributed by atoms with E-state index in [4.69, 9.17) is 0 Å². The molecule has 0 aliphatic carbocycles. The number of nitrogens with one attached hydrogen (secondary N) is 1. The van der Waals surface area contributed by atoms with Crippen LogP contribution in [-0.4, -0.2) is 15.8 Å². The van der Waals surface area contributed by atoms with Crippen LogP contribution in [-0.2, 0) is 0 Å². The zero-order valence-electron chi connectivity index (χ0n) is 14.0. The summed E-state index contributed by atoms with van der Waals surface area (Å²) < 4.78 is 0. The summed E-state index contributed by atoms with van der Waals surface area (Å²) in [5.74, 6) is -0.555. The van der Waals surface area contributed by atoms with Crippen LogP contribution in [0.25, 0.3) is 22.0 Å². The molecule has 0 atom stereocenters. The maximum absolute atomic E-state index is 12.4. The number of rotatable bonds is 4. The third-order valence-corrected chi connectivity index (χ3v) is 4.89. The molecule has 3 aromatic carbocycles. The molecule has 0 radical (unpaired) electrons. The lowest BCUT2D eigenvalue weighted by Gasteiger charge is -2.04. The Bertz CT molecular complexity index is 1160. The van der Waals surface area contributed by atoms with Gasteiger partial charge in [0.2, 0.25) is 0 Å². The van der Waals surface area contributed by atoms with Gasteiger partial charge in [0.1, 0.15) is 5.56 Å². The highest BCUT2D eigenvalue weighted by molar-refractivity contribution is 7.14. The fourth-order valence-corrected chi connectivity index (χ4v) is 3.60. The smallest absolute Gasteiger partial charge is 0.282 e. The van der Waals surface area contributed by atoms with E-state index in [-0.39, 0.29) is 11.3 Å². The van der Waals surface area contributed by atoms with Crippen molar-refractivity contribution in [1.29, 1.82) is 0 Å². The van der Waals surface area contributed by atoms with Gasteiger partial charge >= 0.3 is 0 Å². The number of hydrogen-bond acceptors (Lipinski definition) is 5. The number of nitro benzene ring substituents is 1. The molecule has 0 bridgehead atoms. The van der Waals surface area contributed by atoms with Crippen molar-refractivity contribution in [3.05, 3.63) is 87.8 Å². The maximum atomic E-state index is 12.4. The highest BCUT2D eigenvalue weighted by Crippen LogP contribution is 2.31. The Labute approximate surface area is 158 Å². The molecule has 0 spiro atoms. The van der Waals surface area contributed by atoms with Crippen LogP contribution < -0.4 is 5.32 Å². The van der Waals surface area contributed by atoms with Gasteiger partial charge in [-0.2, -0.15) is 0 Å². The summed E-state index contributed by atoms with van der Waals surface area (Å²) in [5.41, 5.74) is 1.48. The van der Waals surface area contributed by atoms with Gasteiger partial charge in [0.05, 0.1) is 10.6 Å². The third-order valence-electron chi connectivity index (χ3n) is 4.14. The lowest BCUT2D eigenvalue weighted by molar-refractivity contribution is -0.385. The number of para-hydroxylation sites is 1. The quantitative estimate of drug-likeness (QED) is 0.396. The average Bonchev–Trinajstić information content (AvgIpc) is 3.15. The molecule has 0 saturated heterocycles. The van der Waals surface area contributed by atoms with Gasteiger partial charge in [0.25, 0.3) is 11.6 Å². The third kappa shape index (κ3) is 3.28. The molecule has 27 heavy (non-hydrogen) atoms. The van der Waals surface area contributed by atoms with Crippen molar-refractivity contribution in [1.82, 2.24) is 4.98 Å². The number of thiazole rings is 1. The van der Waals surface area contributed by atoms with E-state index < -0.39 is 10.8 Å². The van der Waals surface area contributed by atoms with Gasteiger partial charge in [-0.3, -0.25) is 20.2 Å². The predicted molar refractivity (Wildman–Crippen MR) is 106 cm³/mol. The summed E-state index contributed by atoms with van der Waals surface area (Å²) in [5, 5.41) is 18.2. The van der Waals surface area contributed by atoms with Crippen molar-refractivity contribution >= 4 is 38.8 Å². The molecule has 0 aliphatic rings. The van der Waals surface area contributed by atoms with Crippen LogP contribution in [0.15, 0.2) is 72.1 Å². The second-order valence-electron chi connectivity index (χ2n) is 5.79. The summed E-state index contributed by atoms with van der Waals surface area (Å²) >= 11 is 1.28. The average molecular weight is 375 g/mol. The van der Waals surface area contributed by atoms with Crippen LogP contribution in [0.2, 0.25) is 0 Å². The van der Waals surface area contributed by atoms with Gasteiger partial charge < -0.3 is 0 Å². The van der Waals surface area contributed by atoms with E-state index in [0.29, 0.717) is 5.13 Å². The maximum Gasteiger partial charge on any atom is 0.282 e. The topological polar surface area (TPSA) is 85.1 Å². The van der Waals surface area contributed by atoms with Gasteiger partial charge in [-0.1, -0.05) is 54.6 Å². The Balaban J connectivity index is 1.64. The van der Waals surface area contributed by atoms with E-state index in [1.54, 1.807) is 6.07 Å². The molecule has 132 valence electrons. The highest BCUT2D eigenvalue weighted by atomic mass is 32.1. The fraction of sp³-hybridized carbons (Fsp3) is 0. The summed E-state index contributed by atoms with van der Waals surface area (Å²) in [7, 11) is 0. The first-order chi connectivity index (χ1) is 13.1. The SMILES string of the molecule is O=C(Nc1nc(-c2cccc3ccccc23)cs1)c1ccccc1[N+](=O)[O-]. The molecular weight excluding hydrogens is 362 g/mol. The van der Waals surface area contributed by atoms with Crippen molar-refractivity contribution in [3.63, 3.8) is 0 Å². The number of aromatic nitrogens is 1. The van der Waals surface area contributed by atoms with Crippen LogP contribution in [0.1, 0.15) is 10.4 Å². The number of carbonyl (C=O) groups is 1. The van der Waals surface area contributed by atoms with Crippen LogP contribution in [0.3, 0.4) is 0 Å². The van der Waals surface area contributed by atoms with Gasteiger partial charge in [0.15, 0.2) is 5.13 Å². The van der Waals surface area contributed by atoms with Crippen molar-refractivity contribution in [2.24, 2.45) is 0 Å². The van der Waals surface area contributed by atoms with Crippen molar-refractivity contribution in [2.45, 2.75) is 0 Å². The number of fused-ring (bicyclic) bond motifs is 1. The molecule has 1 amide bonds. The van der Waals surface area contributed by atoms with E-state index in [1.165, 1.54) is 29.5 Å². The van der Waals surface area contributed by atoms with Crippen LogP contribution >= 0.6 is 11.3 Å². The second-order valence-corrected chi connectivity index (χ2v) is 6.65. The number of nitrogens with zero attached hydrogens (tertiary/aromatic N) is 2. The Morgan fingerprint density at radius 3 is 2.59 bits per heavy atom. The Morgan fingerprint density at radius 1 is 1.00 bits per heavy atom. The summed E-state index contributed by atoms with van der Waals surface area (Å²) in [4.78, 5) is 27.5. The number of nitro groups is 1. The number of anilines is 1. The van der Waals surface area contributed by atoms with Crippen LogP contribution in [0, 0.1) is 10.1 Å². The summed E-state index contributed by atoms with van der Waals surface area (Å²) in [6.07, 6.45) is 0. The lowest BCUT2D eigenvalue weighted by atomic mass is 10.0. The van der Waals surface area contributed by atoms with E-state index in [2.05, 4.69) is 10.3 Å². The zero-order chi connectivity index (χ0) is 18.8. The summed E-state index contributed by atoms with van der Waals surface area (Å²) in [6, 6.07) is 19.8. The van der Waals surface area contributed by atoms with E-state index in [1.807, 2.05) is 47.8 Å². The molecule has 0 unspecified atom stereocenters. The monoisotopic (exact) mass is 375 g/mol. The van der Waals surface area contributed by atoms with Gasteiger partial charge in [0, 0.05) is 17.0 Å². The van der Waals surface area contributed by atoms with E-state index in [9.17, 15) is 14.9 Å². The molecular formula is C20H13N3O3S. The van der Waals surface area contributed by atoms with Gasteiger partial charge in [-0.15, -0.1) is 11.3 Å². The standard InChI is InChI=1S/C20H13N3O3S/c24-19(16-9-3-4-11-18(16)23(25)26)22-20-21-17(12-27-20)15-10-5-7-13-6-1-2-8-14(13)15/h1-12H,(H,21,22,24). The molecule has 7 heteroatoms. The van der Waals surface area contributed by atoms with Gasteiger partial charge in [-0.25, -0.2) is 4.98 Å². The summed E-state index contributed by atoms with van der Waals surface area (Å²) in [6.45, 7) is 0. The Kier molecular flexibility index (Phi) is 4.35. The van der Waals surface area contributed by atoms with Crippen LogP contribution in [0.4, 0.5) is 10.8 Å². The minimum Gasteiger partial charge on any atom is -0.298 e. The zero-order valence-corrected chi connectivity index (χ0v) is 14.8. The first kappa shape index (κ1) is 16.9. The molecule has 4 rings (SSSR count). The Hall–Kier alpha value is -3.58. The highest BCUT2D eigenvalue weighted by Gasteiger charge is 2.20. The molecule has 0 saturated carbocycles. The van der Waals surface area contributed by atoms with E-state index >= 15 is 0 Å². The molecule has 1 heterocycles. The second kappa shape index (κ2) is 6.97. The van der Waals surface area contributed by atoms with Crippen molar-refractivity contribution in [3.8, 4) is 11.3 Å². The molecule has 0 aliphatic heterocycles. The van der Waals surface area contributed by atoms with Gasteiger partial charge in [-0.05, 0) is 16.8 Å². The normalized spacial score (nSPS) is 10.7. The minimum atomic E-state index is -0.571. The fourth-order valence-electron chi connectivity index (χ4n) is 2.89. The number of carbonyl (C=O) groups excluding carboxylic acids is 1. The first-order valence-electron chi connectivity index (χ1n) is 8.12. The van der Waals surface area contributed by atoms with Crippen molar-refractivity contribution < 1.29 is 9.72 Å². The number of hydrogen-bond donors (Lipinski definition) is 1. The largest absolute Gasteiger partial charge is 0.298 e. The Morgan fingerprint density at radius 2 is 1.74 bits per heavy atom. The van der Waals surface area contributed by atoms with E-state index in [0.717, 1.165) is 22.0 Å². The van der Waals surface area contributed by atoms with Crippen LogP contribution in [0.5, 0.6) is 0 Å². The lowest BCUT2D eigenvalue weighted by Crippen LogP contribution is -2.13. The molecule has 6 nitrogen and oxygen atoms in total. The molecule has 0 fully saturated rings. The minimum absolute atomic E-state index is 0.00408. The van der Waals surface area contributed by atoms with Crippen molar-refractivity contribution in [2.75, 3.05) is 5.32 Å². The first-order valence-corrected chi connectivity index (χ1v) is 9.00. The molecule has 1 N–H and O–H groups in total. The molecule has 4 aromatic rings. The number of amides is 1. The molecule has 1 aromatic heterocycles. The predicted octanol–water partition coefficient (Wildman–Crippen LogP) is 5.12.